The fourth-order valence-corrected chi connectivity index (χ4v) is 2.79. The van der Waals surface area contributed by atoms with Gasteiger partial charge in [0.05, 0.1) is 14.2 Å². The van der Waals surface area contributed by atoms with Crippen molar-refractivity contribution in [3.05, 3.63) is 23.8 Å². The number of carboxylic acid groups (broad SMARTS) is 1. The van der Waals surface area contributed by atoms with Crippen molar-refractivity contribution in [3.63, 3.8) is 0 Å². The number of methoxy groups -OCH3 is 2. The average Bonchev–Trinajstić information content (AvgIpc) is 2.35. The zero-order valence-electron chi connectivity index (χ0n) is 11.4. The van der Waals surface area contributed by atoms with Crippen LogP contribution in [-0.2, 0) is 14.8 Å². The summed E-state index contributed by atoms with van der Waals surface area (Å²) in [5.41, 5.74) is 0.556. The van der Waals surface area contributed by atoms with E-state index >= 15 is 0 Å². The normalized spacial score (nSPS) is 12.8. The molecule has 0 aliphatic rings. The molecule has 1 rings (SSSR count). The molecule has 0 spiro atoms. The highest BCUT2D eigenvalue weighted by atomic mass is 32.2. The second-order valence-corrected chi connectivity index (χ2v) is 5.85. The summed E-state index contributed by atoms with van der Waals surface area (Å²) in [5.74, 6) is -1.37. The van der Waals surface area contributed by atoms with Crippen LogP contribution in [0.5, 0.6) is 11.5 Å². The molecule has 0 saturated carbocycles. The van der Waals surface area contributed by atoms with Gasteiger partial charge in [0.2, 0.25) is 10.0 Å². The van der Waals surface area contributed by atoms with Gasteiger partial charge in [0.25, 0.3) is 0 Å². The highest BCUT2D eigenvalue weighted by molar-refractivity contribution is 7.90. The molecule has 0 aliphatic carbocycles. The summed E-state index contributed by atoms with van der Waals surface area (Å²) in [7, 11) is -0.966. The van der Waals surface area contributed by atoms with E-state index in [0.29, 0.717) is 17.1 Å². The predicted molar refractivity (Wildman–Crippen MR) is 72.5 cm³/mol. The minimum absolute atomic E-state index is 0.483. The number of aliphatic carboxylic acids is 1. The Morgan fingerprint density at radius 2 is 2.00 bits per heavy atom. The van der Waals surface area contributed by atoms with E-state index in [0.717, 1.165) is 0 Å². The highest BCUT2D eigenvalue weighted by Gasteiger charge is 2.21. The van der Waals surface area contributed by atoms with E-state index in [1.165, 1.54) is 14.2 Å². The molecule has 0 saturated heterocycles. The number of rotatable bonds is 7. The second kappa shape index (κ2) is 6.58. The zero-order valence-corrected chi connectivity index (χ0v) is 12.2. The van der Waals surface area contributed by atoms with Gasteiger partial charge in [0.1, 0.15) is 11.5 Å². The first-order chi connectivity index (χ1) is 9.29. The predicted octanol–water partition coefficient (Wildman–Crippen LogP) is 0.769. The molecule has 112 valence electrons. The van der Waals surface area contributed by atoms with Gasteiger partial charge in [-0.2, -0.15) is 0 Å². The molecule has 0 amide bonds. The average molecular weight is 303 g/mol. The Labute approximate surface area is 117 Å². The maximum atomic E-state index is 11.6. The van der Waals surface area contributed by atoms with E-state index in [-0.39, 0.29) is 0 Å². The molecule has 0 aromatic heterocycles. The number of ether oxygens (including phenoxy) is 2. The van der Waals surface area contributed by atoms with Gasteiger partial charge < -0.3 is 14.6 Å². The first kappa shape index (κ1) is 16.3. The van der Waals surface area contributed by atoms with Gasteiger partial charge in [-0.1, -0.05) is 0 Å². The van der Waals surface area contributed by atoms with Crippen molar-refractivity contribution in [2.75, 3.05) is 20.0 Å². The van der Waals surface area contributed by atoms with Crippen molar-refractivity contribution in [1.29, 1.82) is 0 Å². The smallest absolute Gasteiger partial charge is 0.320 e. The summed E-state index contributed by atoms with van der Waals surface area (Å²) in [5, 5.41) is 8.55. The molecule has 2 N–H and O–H groups in total. The molecule has 1 aromatic carbocycles. The number of sulfonamides is 1. The van der Waals surface area contributed by atoms with Crippen LogP contribution in [0, 0.1) is 0 Å². The third-order valence-electron chi connectivity index (χ3n) is 2.57. The number of carbonyl (C=O) groups is 1. The van der Waals surface area contributed by atoms with E-state index < -0.39 is 27.8 Å². The minimum Gasteiger partial charge on any atom is -0.497 e. The summed E-state index contributed by atoms with van der Waals surface area (Å²) < 4.78 is 35.7. The number of hydrogen-bond donors (Lipinski definition) is 2. The monoisotopic (exact) mass is 303 g/mol. The fraction of sp³-hybridized carbons (Fsp3) is 0.417. The Morgan fingerprint density at radius 3 is 2.50 bits per heavy atom. The molecule has 0 aliphatic heterocycles. The van der Waals surface area contributed by atoms with Crippen LogP contribution in [-0.4, -0.2) is 39.5 Å². The van der Waals surface area contributed by atoms with Crippen LogP contribution < -0.4 is 14.2 Å². The Kier molecular flexibility index (Phi) is 5.34. The van der Waals surface area contributed by atoms with Crippen molar-refractivity contribution in [2.45, 2.75) is 13.0 Å². The summed E-state index contributed by atoms with van der Waals surface area (Å²) in [4.78, 5) is 10.5. The first-order valence-corrected chi connectivity index (χ1v) is 7.38. The van der Waals surface area contributed by atoms with Crippen LogP contribution in [0.25, 0.3) is 0 Å². The van der Waals surface area contributed by atoms with Crippen LogP contribution in [0.15, 0.2) is 18.2 Å². The van der Waals surface area contributed by atoms with E-state index in [1.54, 1.807) is 25.1 Å². The van der Waals surface area contributed by atoms with E-state index in [2.05, 4.69) is 4.72 Å². The maximum absolute atomic E-state index is 11.6. The SMILES string of the molecule is COc1ccc(OC)c(C(C)NS(=O)(=O)CC(=O)O)c1. The molecule has 7 nitrogen and oxygen atoms in total. The number of benzene rings is 1. The van der Waals surface area contributed by atoms with Gasteiger partial charge in [-0.3, -0.25) is 4.79 Å². The highest BCUT2D eigenvalue weighted by Crippen LogP contribution is 2.29. The summed E-state index contributed by atoms with van der Waals surface area (Å²) in [6.45, 7) is 1.59. The Hall–Kier alpha value is -1.80. The number of carboxylic acids is 1. The van der Waals surface area contributed by atoms with Crippen molar-refractivity contribution in [1.82, 2.24) is 4.72 Å². The fourth-order valence-electron chi connectivity index (χ4n) is 1.71. The lowest BCUT2D eigenvalue weighted by Crippen LogP contribution is -2.32. The molecule has 1 unspecified atom stereocenters. The molecule has 1 aromatic rings. The quantitative estimate of drug-likeness (QED) is 0.771. The first-order valence-electron chi connectivity index (χ1n) is 5.72. The molecule has 8 heteroatoms. The number of hydrogen-bond acceptors (Lipinski definition) is 5. The largest absolute Gasteiger partial charge is 0.497 e. The van der Waals surface area contributed by atoms with Crippen LogP contribution in [0.2, 0.25) is 0 Å². The van der Waals surface area contributed by atoms with E-state index in [9.17, 15) is 13.2 Å². The molecule has 0 radical (unpaired) electrons. The van der Waals surface area contributed by atoms with Crippen molar-refractivity contribution in [2.24, 2.45) is 0 Å². The Morgan fingerprint density at radius 1 is 1.35 bits per heavy atom. The van der Waals surface area contributed by atoms with E-state index in [1.807, 2.05) is 0 Å². The molecular weight excluding hydrogens is 286 g/mol. The van der Waals surface area contributed by atoms with Crippen LogP contribution in [0.3, 0.4) is 0 Å². The van der Waals surface area contributed by atoms with Gasteiger partial charge >= 0.3 is 5.97 Å². The molecule has 0 fully saturated rings. The third-order valence-corrected chi connectivity index (χ3v) is 3.91. The van der Waals surface area contributed by atoms with E-state index in [4.69, 9.17) is 14.6 Å². The van der Waals surface area contributed by atoms with Crippen LogP contribution in [0.1, 0.15) is 18.5 Å². The lowest BCUT2D eigenvalue weighted by Gasteiger charge is -2.17. The van der Waals surface area contributed by atoms with Gasteiger partial charge in [-0.05, 0) is 25.1 Å². The molecule has 20 heavy (non-hydrogen) atoms. The van der Waals surface area contributed by atoms with Gasteiger partial charge in [-0.15, -0.1) is 0 Å². The third kappa shape index (κ3) is 4.39. The van der Waals surface area contributed by atoms with Gasteiger partial charge in [0.15, 0.2) is 5.75 Å². The van der Waals surface area contributed by atoms with Crippen LogP contribution in [0.4, 0.5) is 0 Å². The Balaban J connectivity index is 3.02. The summed E-state index contributed by atoms with van der Waals surface area (Å²) in [6, 6.07) is 4.31. The standard InChI is InChI=1S/C12H17NO6S/c1-8(13-20(16,17)7-12(14)15)10-6-9(18-2)4-5-11(10)19-3/h4-6,8,13H,7H2,1-3H3,(H,14,15). The topological polar surface area (TPSA) is 102 Å². The maximum Gasteiger partial charge on any atom is 0.320 e. The summed E-state index contributed by atoms with van der Waals surface area (Å²) in [6.07, 6.45) is 0. The molecule has 0 bridgehead atoms. The number of nitrogens with one attached hydrogen (secondary N) is 1. The van der Waals surface area contributed by atoms with Gasteiger partial charge in [0, 0.05) is 11.6 Å². The molecule has 0 heterocycles. The van der Waals surface area contributed by atoms with Crippen molar-refractivity contribution < 1.29 is 27.8 Å². The summed E-state index contributed by atoms with van der Waals surface area (Å²) >= 11 is 0. The zero-order chi connectivity index (χ0) is 15.3. The van der Waals surface area contributed by atoms with Crippen molar-refractivity contribution in [3.8, 4) is 11.5 Å². The minimum atomic E-state index is -3.92. The lowest BCUT2D eigenvalue weighted by atomic mass is 10.1. The van der Waals surface area contributed by atoms with Gasteiger partial charge in [-0.25, -0.2) is 13.1 Å². The molecule has 1 atom stereocenters. The second-order valence-electron chi connectivity index (χ2n) is 4.10. The molecular formula is C12H17NO6S. The lowest BCUT2D eigenvalue weighted by molar-refractivity contribution is -0.134. The van der Waals surface area contributed by atoms with Crippen LogP contribution >= 0.6 is 0 Å². The van der Waals surface area contributed by atoms with Crippen molar-refractivity contribution >= 4 is 16.0 Å². The Bertz CT molecular complexity index is 584.